The van der Waals surface area contributed by atoms with Gasteiger partial charge in [0.15, 0.2) is 0 Å². The van der Waals surface area contributed by atoms with Gasteiger partial charge in [-0.15, -0.1) is 6.42 Å². The molecule has 5 heteroatoms. The highest BCUT2D eigenvalue weighted by Gasteiger charge is 2.29. The van der Waals surface area contributed by atoms with Crippen molar-refractivity contribution < 1.29 is 14.4 Å². The zero-order chi connectivity index (χ0) is 18.2. The lowest BCUT2D eigenvalue weighted by molar-refractivity contribution is -0.520. The first kappa shape index (κ1) is 18.3. The van der Waals surface area contributed by atoms with E-state index in [1.165, 1.54) is 0 Å². The van der Waals surface area contributed by atoms with Crippen LogP contribution in [-0.2, 0) is 0 Å². The molecule has 0 aliphatic carbocycles. The summed E-state index contributed by atoms with van der Waals surface area (Å²) in [5.41, 5.74) is 1.71. The molecule has 2 atom stereocenters. The Morgan fingerprint density at radius 1 is 1.04 bits per heavy atom. The number of rotatable bonds is 8. The molecular weight excluding hydrogens is 318 g/mol. The Morgan fingerprint density at radius 2 is 1.52 bits per heavy atom. The molecule has 0 aromatic heterocycles. The molecule has 0 amide bonds. The molecule has 0 aliphatic rings. The van der Waals surface area contributed by atoms with Gasteiger partial charge in [0.2, 0.25) is 6.04 Å². The molecule has 0 heterocycles. The van der Waals surface area contributed by atoms with Gasteiger partial charge in [0.05, 0.1) is 12.5 Å². The van der Waals surface area contributed by atoms with E-state index in [2.05, 4.69) is 5.92 Å². The molecule has 0 spiro atoms. The van der Waals surface area contributed by atoms with E-state index >= 15 is 0 Å². The Bertz CT molecular complexity index is 732. The van der Waals surface area contributed by atoms with Crippen LogP contribution in [0.15, 0.2) is 48.5 Å². The molecule has 0 aliphatic heterocycles. The van der Waals surface area contributed by atoms with Gasteiger partial charge < -0.3 is 9.47 Å². The maximum Gasteiger partial charge on any atom is 0.221 e. The van der Waals surface area contributed by atoms with Crippen molar-refractivity contribution in [3.8, 4) is 23.8 Å². The molecule has 0 saturated heterocycles. The van der Waals surface area contributed by atoms with Crippen molar-refractivity contribution in [1.29, 1.82) is 0 Å². The highest BCUT2D eigenvalue weighted by molar-refractivity contribution is 5.39. The molecule has 2 unspecified atom stereocenters. The molecule has 2 aromatic rings. The van der Waals surface area contributed by atoms with Crippen LogP contribution in [0.3, 0.4) is 0 Å². The van der Waals surface area contributed by atoms with E-state index < -0.39 is 6.04 Å². The van der Waals surface area contributed by atoms with Crippen molar-refractivity contribution in [1.82, 2.24) is 0 Å². The van der Waals surface area contributed by atoms with Crippen LogP contribution in [0.2, 0.25) is 0 Å². The lowest BCUT2D eigenvalue weighted by atomic mass is 9.86. The second kappa shape index (κ2) is 8.74. The molecule has 2 aromatic carbocycles. The normalized spacial score (nSPS) is 12.7. The molecule has 25 heavy (non-hydrogen) atoms. The molecule has 130 valence electrons. The summed E-state index contributed by atoms with van der Waals surface area (Å²) in [4.78, 5) is 11.1. The van der Waals surface area contributed by atoms with E-state index in [0.717, 1.165) is 16.9 Å². The fraction of sp³-hybridized carbons (Fsp3) is 0.300. The summed E-state index contributed by atoms with van der Waals surface area (Å²) < 4.78 is 10.8. The summed E-state index contributed by atoms with van der Waals surface area (Å²) >= 11 is 0. The van der Waals surface area contributed by atoms with E-state index in [-0.39, 0.29) is 17.4 Å². The third kappa shape index (κ3) is 4.74. The van der Waals surface area contributed by atoms with Gasteiger partial charge in [-0.2, -0.15) is 0 Å². The summed E-state index contributed by atoms with van der Waals surface area (Å²) in [7, 11) is 0. The number of terminal acetylenes is 1. The van der Waals surface area contributed by atoms with Gasteiger partial charge in [-0.25, -0.2) is 0 Å². The highest BCUT2D eigenvalue weighted by Crippen LogP contribution is 2.31. The quantitative estimate of drug-likeness (QED) is 0.416. The Kier molecular flexibility index (Phi) is 6.41. The van der Waals surface area contributed by atoms with Gasteiger partial charge in [0, 0.05) is 11.8 Å². The topological polar surface area (TPSA) is 61.6 Å². The van der Waals surface area contributed by atoms with Crippen LogP contribution in [0.25, 0.3) is 0 Å². The smallest absolute Gasteiger partial charge is 0.221 e. The second-order valence-corrected chi connectivity index (χ2v) is 5.57. The van der Waals surface area contributed by atoms with Crippen molar-refractivity contribution in [2.75, 3.05) is 13.2 Å². The summed E-state index contributed by atoms with van der Waals surface area (Å²) in [6.07, 6.45) is 5.18. The fourth-order valence-corrected chi connectivity index (χ4v) is 2.71. The first-order chi connectivity index (χ1) is 12.1. The third-order valence-corrected chi connectivity index (χ3v) is 3.93. The van der Waals surface area contributed by atoms with Crippen LogP contribution in [0.5, 0.6) is 11.5 Å². The number of benzene rings is 2. The van der Waals surface area contributed by atoms with E-state index in [1.807, 2.05) is 43.3 Å². The Labute approximate surface area is 147 Å². The number of ether oxygens (including phenoxy) is 2. The lowest BCUT2D eigenvalue weighted by Gasteiger charge is -2.20. The monoisotopic (exact) mass is 339 g/mol. The minimum absolute atomic E-state index is 0.187. The number of nitrogens with zero attached hydrogens (tertiary/aromatic N) is 1. The number of nitro groups is 1. The van der Waals surface area contributed by atoms with Crippen LogP contribution in [-0.4, -0.2) is 24.2 Å². The molecule has 0 saturated carbocycles. The third-order valence-electron chi connectivity index (χ3n) is 3.93. The Hall–Kier alpha value is -3.00. The van der Waals surface area contributed by atoms with Crippen LogP contribution < -0.4 is 9.47 Å². The largest absolute Gasteiger partial charge is 0.494 e. The number of hydrogen-bond acceptors (Lipinski definition) is 4. The summed E-state index contributed by atoms with van der Waals surface area (Å²) in [5, 5.41) is 11.4. The van der Waals surface area contributed by atoms with Crippen LogP contribution in [0.4, 0.5) is 0 Å². The van der Waals surface area contributed by atoms with Gasteiger partial charge in [0.25, 0.3) is 0 Å². The van der Waals surface area contributed by atoms with E-state index in [9.17, 15) is 10.1 Å². The average molecular weight is 339 g/mol. The predicted octanol–water partition coefficient (Wildman–Crippen LogP) is 3.89. The molecule has 0 bridgehead atoms. The zero-order valence-electron chi connectivity index (χ0n) is 14.3. The number of hydrogen-bond donors (Lipinski definition) is 0. The average Bonchev–Trinajstić information content (AvgIpc) is 2.62. The molecule has 0 fully saturated rings. The van der Waals surface area contributed by atoms with Crippen molar-refractivity contribution in [2.45, 2.75) is 25.8 Å². The first-order valence-corrected chi connectivity index (χ1v) is 8.09. The second-order valence-electron chi connectivity index (χ2n) is 5.57. The molecular formula is C20H21NO4. The summed E-state index contributed by atoms with van der Waals surface area (Å²) in [6.45, 7) is 4.29. The van der Waals surface area contributed by atoms with Crippen molar-refractivity contribution in [2.24, 2.45) is 0 Å². The van der Waals surface area contributed by atoms with Crippen LogP contribution in [0.1, 0.15) is 30.9 Å². The molecule has 0 radical (unpaired) electrons. The predicted molar refractivity (Wildman–Crippen MR) is 96.7 cm³/mol. The first-order valence-electron chi connectivity index (χ1n) is 8.09. The van der Waals surface area contributed by atoms with E-state index in [1.54, 1.807) is 19.1 Å². The van der Waals surface area contributed by atoms with Crippen molar-refractivity contribution >= 4 is 0 Å². The SMILES string of the molecule is C#CCOc1ccc(C(c2ccc(OCC)cc2)C(C)[N+](=O)[O-])cc1. The summed E-state index contributed by atoms with van der Waals surface area (Å²) in [6, 6.07) is 13.9. The van der Waals surface area contributed by atoms with Gasteiger partial charge in [0.1, 0.15) is 18.1 Å². The van der Waals surface area contributed by atoms with Gasteiger partial charge in [-0.1, -0.05) is 30.2 Å². The zero-order valence-corrected chi connectivity index (χ0v) is 14.3. The van der Waals surface area contributed by atoms with E-state index in [4.69, 9.17) is 15.9 Å². The molecule has 5 nitrogen and oxygen atoms in total. The molecule has 0 N–H and O–H groups in total. The maximum atomic E-state index is 11.4. The van der Waals surface area contributed by atoms with E-state index in [0.29, 0.717) is 12.4 Å². The van der Waals surface area contributed by atoms with Crippen LogP contribution in [0, 0.1) is 22.5 Å². The van der Waals surface area contributed by atoms with Gasteiger partial charge >= 0.3 is 0 Å². The molecule has 2 rings (SSSR count). The minimum atomic E-state index is -0.768. The fourth-order valence-electron chi connectivity index (χ4n) is 2.71. The Morgan fingerprint density at radius 3 is 1.92 bits per heavy atom. The van der Waals surface area contributed by atoms with Gasteiger partial charge in [-0.05, 0) is 42.3 Å². The van der Waals surface area contributed by atoms with Crippen molar-refractivity contribution in [3.63, 3.8) is 0 Å². The minimum Gasteiger partial charge on any atom is -0.494 e. The lowest BCUT2D eigenvalue weighted by Crippen LogP contribution is -2.25. The summed E-state index contributed by atoms with van der Waals surface area (Å²) in [5.74, 6) is 3.42. The standard InChI is InChI=1S/C20H21NO4/c1-4-14-25-19-12-8-17(9-13-19)20(15(3)21(22)23)16-6-10-18(11-7-16)24-5-2/h1,6-13,15,20H,5,14H2,2-3H3. The Balaban J connectivity index is 2.32. The highest BCUT2D eigenvalue weighted by atomic mass is 16.6. The van der Waals surface area contributed by atoms with Crippen molar-refractivity contribution in [3.05, 3.63) is 69.8 Å². The maximum absolute atomic E-state index is 11.4. The van der Waals surface area contributed by atoms with Gasteiger partial charge in [-0.3, -0.25) is 10.1 Å². The van der Waals surface area contributed by atoms with Crippen LogP contribution >= 0.6 is 0 Å².